The molecule has 84 valence electrons. The van der Waals surface area contributed by atoms with Crippen LogP contribution in [0.3, 0.4) is 0 Å². The van der Waals surface area contributed by atoms with Crippen LogP contribution in [0.2, 0.25) is 0 Å². The second-order valence-corrected chi connectivity index (χ2v) is 2.61. The molecule has 0 aliphatic carbocycles. The van der Waals surface area contributed by atoms with Gasteiger partial charge >= 0.3 is 6.18 Å². The predicted molar refractivity (Wildman–Crippen MR) is 43.8 cm³/mol. The lowest BCUT2D eigenvalue weighted by molar-refractivity contribution is -0.146. The van der Waals surface area contributed by atoms with Gasteiger partial charge in [0.05, 0.1) is 0 Å². The van der Waals surface area contributed by atoms with E-state index in [-0.39, 0.29) is 5.69 Å². The van der Waals surface area contributed by atoms with Crippen LogP contribution in [-0.2, 0) is 15.7 Å². The highest BCUT2D eigenvalue weighted by molar-refractivity contribution is 5.05. The number of methoxy groups -OCH3 is 2. The van der Waals surface area contributed by atoms with E-state index in [1.54, 1.807) is 0 Å². The Morgan fingerprint density at radius 3 is 2.33 bits per heavy atom. The molecule has 0 atom stereocenters. The lowest BCUT2D eigenvalue weighted by atomic mass is 10.4. The second-order valence-electron chi connectivity index (χ2n) is 2.61. The van der Waals surface area contributed by atoms with Crippen molar-refractivity contribution < 1.29 is 22.6 Å². The van der Waals surface area contributed by atoms with Crippen molar-refractivity contribution in [3.63, 3.8) is 0 Å². The average molecular weight is 222 g/mol. The molecule has 1 rings (SSSR count). The summed E-state index contributed by atoms with van der Waals surface area (Å²) in [7, 11) is 2.62. The summed E-state index contributed by atoms with van der Waals surface area (Å²) in [6.45, 7) is 0. The number of hydrogen-bond donors (Lipinski definition) is 0. The van der Waals surface area contributed by atoms with Gasteiger partial charge in [-0.15, -0.1) is 0 Å². The minimum atomic E-state index is -4.57. The van der Waals surface area contributed by atoms with Crippen molar-refractivity contribution in [3.05, 3.63) is 23.8 Å². The third-order valence-corrected chi connectivity index (χ3v) is 1.60. The van der Waals surface area contributed by atoms with E-state index in [2.05, 4.69) is 9.97 Å². The van der Waals surface area contributed by atoms with Gasteiger partial charge in [0, 0.05) is 20.4 Å². The van der Waals surface area contributed by atoms with Gasteiger partial charge in [0.25, 0.3) is 0 Å². The fourth-order valence-electron chi connectivity index (χ4n) is 0.978. The van der Waals surface area contributed by atoms with Crippen molar-refractivity contribution in [2.24, 2.45) is 0 Å². The van der Waals surface area contributed by atoms with Gasteiger partial charge in [-0.05, 0) is 6.07 Å². The SMILES string of the molecule is COC(OC)c1ccnc(C(F)(F)F)n1. The van der Waals surface area contributed by atoms with Crippen molar-refractivity contribution in [2.75, 3.05) is 14.2 Å². The number of hydrogen-bond acceptors (Lipinski definition) is 4. The first kappa shape index (κ1) is 11.9. The summed E-state index contributed by atoms with van der Waals surface area (Å²) < 4.78 is 46.2. The third-order valence-electron chi connectivity index (χ3n) is 1.60. The Kier molecular flexibility index (Phi) is 3.59. The molecule has 0 amide bonds. The summed E-state index contributed by atoms with van der Waals surface area (Å²) in [6.07, 6.45) is -4.48. The first-order chi connectivity index (χ1) is 6.99. The van der Waals surface area contributed by atoms with Crippen LogP contribution in [-0.4, -0.2) is 24.2 Å². The number of halogens is 3. The first-order valence-electron chi connectivity index (χ1n) is 3.94. The van der Waals surface area contributed by atoms with Crippen molar-refractivity contribution in [2.45, 2.75) is 12.5 Å². The summed E-state index contributed by atoms with van der Waals surface area (Å²) in [5, 5.41) is 0. The first-order valence-corrected chi connectivity index (χ1v) is 3.94. The van der Waals surface area contributed by atoms with Gasteiger partial charge in [-0.3, -0.25) is 0 Å². The fraction of sp³-hybridized carbons (Fsp3) is 0.500. The quantitative estimate of drug-likeness (QED) is 0.731. The Labute approximate surface area is 84.1 Å². The molecule has 0 aliphatic rings. The Balaban J connectivity index is 3.02. The van der Waals surface area contributed by atoms with Crippen molar-refractivity contribution in [1.29, 1.82) is 0 Å². The monoisotopic (exact) mass is 222 g/mol. The van der Waals surface area contributed by atoms with Crippen LogP contribution in [0.25, 0.3) is 0 Å². The summed E-state index contributed by atoms with van der Waals surface area (Å²) in [4.78, 5) is 6.41. The Morgan fingerprint density at radius 1 is 1.27 bits per heavy atom. The average Bonchev–Trinajstić information content (AvgIpc) is 2.19. The van der Waals surface area contributed by atoms with E-state index in [1.807, 2.05) is 0 Å². The zero-order valence-electron chi connectivity index (χ0n) is 8.08. The zero-order chi connectivity index (χ0) is 11.5. The Morgan fingerprint density at radius 2 is 1.87 bits per heavy atom. The molecule has 0 N–H and O–H groups in total. The number of nitrogens with zero attached hydrogens (tertiary/aromatic N) is 2. The maximum absolute atomic E-state index is 12.2. The molecule has 0 radical (unpaired) electrons. The van der Waals surface area contributed by atoms with Crippen LogP contribution in [0.1, 0.15) is 17.8 Å². The zero-order valence-corrected chi connectivity index (χ0v) is 8.08. The van der Waals surface area contributed by atoms with Crippen molar-refractivity contribution in [3.8, 4) is 0 Å². The highest BCUT2D eigenvalue weighted by Crippen LogP contribution is 2.26. The molecule has 0 aliphatic heterocycles. The van der Waals surface area contributed by atoms with Gasteiger partial charge in [-0.2, -0.15) is 13.2 Å². The molecular formula is C8H9F3N2O2. The minimum absolute atomic E-state index is 0.0299. The second kappa shape index (κ2) is 4.54. The van der Waals surface area contributed by atoms with E-state index in [4.69, 9.17) is 9.47 Å². The van der Waals surface area contributed by atoms with Crippen LogP contribution in [0.5, 0.6) is 0 Å². The van der Waals surface area contributed by atoms with Crippen molar-refractivity contribution >= 4 is 0 Å². The maximum Gasteiger partial charge on any atom is 0.451 e. The normalized spacial score (nSPS) is 12.1. The fourth-order valence-corrected chi connectivity index (χ4v) is 0.978. The van der Waals surface area contributed by atoms with Gasteiger partial charge in [-0.1, -0.05) is 0 Å². The topological polar surface area (TPSA) is 44.2 Å². The van der Waals surface area contributed by atoms with Gasteiger partial charge < -0.3 is 9.47 Å². The molecule has 4 nitrogen and oxygen atoms in total. The largest absolute Gasteiger partial charge is 0.451 e. The number of alkyl halides is 3. The predicted octanol–water partition coefficient (Wildman–Crippen LogP) is 1.79. The van der Waals surface area contributed by atoms with Crippen LogP contribution >= 0.6 is 0 Å². The van der Waals surface area contributed by atoms with Crippen LogP contribution in [0.4, 0.5) is 13.2 Å². The van der Waals surface area contributed by atoms with E-state index >= 15 is 0 Å². The molecule has 1 aromatic heterocycles. The van der Waals surface area contributed by atoms with E-state index < -0.39 is 18.3 Å². The van der Waals surface area contributed by atoms with Gasteiger partial charge in [0.15, 0.2) is 0 Å². The summed E-state index contributed by atoms with van der Waals surface area (Å²) >= 11 is 0. The van der Waals surface area contributed by atoms with Crippen LogP contribution in [0, 0.1) is 0 Å². The highest BCUT2D eigenvalue weighted by Gasteiger charge is 2.35. The molecular weight excluding hydrogens is 213 g/mol. The molecule has 15 heavy (non-hydrogen) atoms. The van der Waals surface area contributed by atoms with Crippen LogP contribution < -0.4 is 0 Å². The lowest BCUT2D eigenvalue weighted by Gasteiger charge is -2.13. The van der Waals surface area contributed by atoms with E-state index in [9.17, 15) is 13.2 Å². The Bertz CT molecular complexity index is 326. The number of aromatic nitrogens is 2. The molecule has 7 heteroatoms. The standard InChI is InChI=1S/C8H9F3N2O2/c1-14-6(15-2)5-3-4-12-7(13-5)8(9,10)11/h3-4,6H,1-2H3. The lowest BCUT2D eigenvalue weighted by Crippen LogP contribution is -2.14. The van der Waals surface area contributed by atoms with Crippen molar-refractivity contribution in [1.82, 2.24) is 9.97 Å². The van der Waals surface area contributed by atoms with Gasteiger partial charge in [0.1, 0.15) is 5.69 Å². The molecule has 0 aromatic carbocycles. The summed E-state index contributed by atoms with van der Waals surface area (Å²) in [5.41, 5.74) is 0.0299. The highest BCUT2D eigenvalue weighted by atomic mass is 19.4. The van der Waals surface area contributed by atoms with E-state index in [1.165, 1.54) is 20.3 Å². The Hall–Kier alpha value is -1.21. The van der Waals surface area contributed by atoms with E-state index in [0.717, 1.165) is 6.20 Å². The third kappa shape index (κ3) is 2.87. The van der Waals surface area contributed by atoms with Gasteiger partial charge in [0.2, 0.25) is 12.1 Å². The summed E-state index contributed by atoms with van der Waals surface area (Å²) in [5.74, 6) is -1.21. The smallest absolute Gasteiger partial charge is 0.350 e. The number of ether oxygens (including phenoxy) is 2. The molecule has 0 saturated carbocycles. The van der Waals surface area contributed by atoms with Gasteiger partial charge in [-0.25, -0.2) is 9.97 Å². The van der Waals surface area contributed by atoms with E-state index in [0.29, 0.717) is 0 Å². The molecule has 0 bridgehead atoms. The maximum atomic E-state index is 12.2. The molecule has 0 spiro atoms. The molecule has 1 aromatic rings. The summed E-state index contributed by atoms with van der Waals surface area (Å²) in [6, 6.07) is 1.30. The van der Waals surface area contributed by atoms with Crippen LogP contribution in [0.15, 0.2) is 12.3 Å². The molecule has 0 fully saturated rings. The molecule has 0 unspecified atom stereocenters. The minimum Gasteiger partial charge on any atom is -0.350 e. The molecule has 1 heterocycles. The molecule has 0 saturated heterocycles. The number of rotatable bonds is 3.